The fraction of sp³-hybridized carbons (Fsp3) is 0.200. The third-order valence-electron chi connectivity index (χ3n) is 3.98. The summed E-state index contributed by atoms with van der Waals surface area (Å²) < 4.78 is 11.8. The Labute approximate surface area is 145 Å². The van der Waals surface area contributed by atoms with Gasteiger partial charge in [0, 0.05) is 18.0 Å². The average Bonchev–Trinajstić information content (AvgIpc) is 2.64. The van der Waals surface area contributed by atoms with Gasteiger partial charge in [0.1, 0.15) is 12.3 Å². The number of aromatic nitrogens is 1. The second-order valence-electron chi connectivity index (χ2n) is 5.66. The van der Waals surface area contributed by atoms with E-state index in [0.717, 1.165) is 10.9 Å². The molecule has 0 saturated heterocycles. The van der Waals surface area contributed by atoms with Crippen LogP contribution in [-0.2, 0) is 22.5 Å². The Kier molecular flexibility index (Phi) is 5.14. The van der Waals surface area contributed by atoms with E-state index < -0.39 is 5.97 Å². The van der Waals surface area contributed by atoms with Gasteiger partial charge in [-0.25, -0.2) is 0 Å². The molecule has 3 rings (SSSR count). The van der Waals surface area contributed by atoms with Crippen LogP contribution in [0.15, 0.2) is 65.6 Å². The number of hydrogen-bond donors (Lipinski definition) is 0. The molecule has 0 N–H and O–H groups in total. The molecule has 1 heterocycles. The first kappa shape index (κ1) is 16.8. The first-order valence-corrected chi connectivity index (χ1v) is 8.04. The first-order chi connectivity index (χ1) is 12.2. The molecule has 3 aromatic rings. The zero-order valence-electron chi connectivity index (χ0n) is 14.0. The van der Waals surface area contributed by atoms with Gasteiger partial charge in [0.25, 0.3) is 5.56 Å². The van der Waals surface area contributed by atoms with Gasteiger partial charge < -0.3 is 14.0 Å². The third kappa shape index (κ3) is 4.07. The molecule has 1 aromatic heterocycles. The highest BCUT2D eigenvalue weighted by Crippen LogP contribution is 2.17. The van der Waals surface area contributed by atoms with Crippen molar-refractivity contribution >= 4 is 16.7 Å². The molecular formula is C20H19NO4. The van der Waals surface area contributed by atoms with Crippen molar-refractivity contribution < 1.29 is 14.3 Å². The van der Waals surface area contributed by atoms with Crippen LogP contribution < -0.4 is 10.3 Å². The van der Waals surface area contributed by atoms with Crippen molar-refractivity contribution in [1.82, 2.24) is 4.57 Å². The van der Waals surface area contributed by atoms with Gasteiger partial charge in [-0.3, -0.25) is 9.59 Å². The van der Waals surface area contributed by atoms with Gasteiger partial charge in [0.2, 0.25) is 0 Å². The van der Waals surface area contributed by atoms with E-state index in [-0.39, 0.29) is 12.1 Å². The Morgan fingerprint density at radius 2 is 1.88 bits per heavy atom. The molecule has 0 fully saturated rings. The van der Waals surface area contributed by atoms with Crippen molar-refractivity contribution in [3.63, 3.8) is 0 Å². The molecule has 5 heteroatoms. The maximum Gasteiger partial charge on any atom is 0.326 e. The van der Waals surface area contributed by atoms with Crippen LogP contribution in [0.3, 0.4) is 0 Å². The molecule has 0 bridgehead atoms. The lowest BCUT2D eigenvalue weighted by atomic mass is 10.1. The number of carbonyl (C=O) groups excluding carboxylic acids is 1. The second kappa shape index (κ2) is 7.66. The Hall–Kier alpha value is -3.08. The molecule has 0 spiro atoms. The molecule has 5 nitrogen and oxygen atoms in total. The Balaban J connectivity index is 1.65. The van der Waals surface area contributed by atoms with Crippen molar-refractivity contribution in [2.75, 3.05) is 13.7 Å². The lowest BCUT2D eigenvalue weighted by molar-refractivity contribution is -0.144. The highest BCUT2D eigenvalue weighted by Gasteiger charge is 2.09. The van der Waals surface area contributed by atoms with E-state index in [4.69, 9.17) is 9.47 Å². The summed E-state index contributed by atoms with van der Waals surface area (Å²) in [6.07, 6.45) is 2.25. The fourth-order valence-electron chi connectivity index (χ4n) is 2.63. The van der Waals surface area contributed by atoms with E-state index in [1.54, 1.807) is 37.6 Å². The van der Waals surface area contributed by atoms with Crippen molar-refractivity contribution in [1.29, 1.82) is 0 Å². The standard InChI is InChI=1S/C20H19NO4/c1-24-17-7-8-18-16(13-17)9-11-21(20(18)23)14-19(22)25-12-10-15-5-3-2-4-6-15/h2-9,11,13H,10,12,14H2,1H3. The highest BCUT2D eigenvalue weighted by atomic mass is 16.5. The summed E-state index contributed by atoms with van der Waals surface area (Å²) >= 11 is 0. The van der Waals surface area contributed by atoms with Gasteiger partial charge in [0.05, 0.1) is 13.7 Å². The lowest BCUT2D eigenvalue weighted by Crippen LogP contribution is -2.25. The van der Waals surface area contributed by atoms with Crippen molar-refractivity contribution in [2.24, 2.45) is 0 Å². The van der Waals surface area contributed by atoms with Crippen LogP contribution in [0.4, 0.5) is 0 Å². The van der Waals surface area contributed by atoms with E-state index in [1.165, 1.54) is 4.57 Å². The van der Waals surface area contributed by atoms with Gasteiger partial charge in [-0.2, -0.15) is 0 Å². The SMILES string of the molecule is COc1ccc2c(=O)n(CC(=O)OCCc3ccccc3)ccc2c1. The number of fused-ring (bicyclic) bond motifs is 1. The minimum absolute atomic E-state index is 0.102. The number of rotatable bonds is 6. The molecule has 0 aliphatic rings. The normalized spacial score (nSPS) is 10.6. The van der Waals surface area contributed by atoms with E-state index in [1.807, 2.05) is 30.3 Å². The number of pyridine rings is 1. The van der Waals surface area contributed by atoms with E-state index in [0.29, 0.717) is 24.2 Å². The number of esters is 1. The van der Waals surface area contributed by atoms with Crippen LogP contribution in [0.5, 0.6) is 5.75 Å². The van der Waals surface area contributed by atoms with Crippen LogP contribution in [0.2, 0.25) is 0 Å². The zero-order chi connectivity index (χ0) is 17.6. The van der Waals surface area contributed by atoms with Crippen LogP contribution >= 0.6 is 0 Å². The number of methoxy groups -OCH3 is 1. The maximum atomic E-state index is 12.5. The molecule has 0 saturated carbocycles. The Morgan fingerprint density at radius 1 is 1.08 bits per heavy atom. The van der Waals surface area contributed by atoms with E-state index in [9.17, 15) is 9.59 Å². The molecule has 0 amide bonds. The van der Waals surface area contributed by atoms with Crippen molar-refractivity contribution in [2.45, 2.75) is 13.0 Å². The predicted octanol–water partition coefficient (Wildman–Crippen LogP) is 2.80. The smallest absolute Gasteiger partial charge is 0.326 e. The van der Waals surface area contributed by atoms with Gasteiger partial charge in [-0.1, -0.05) is 30.3 Å². The molecule has 0 aliphatic heterocycles. The quantitative estimate of drug-likeness (QED) is 0.649. The summed E-state index contributed by atoms with van der Waals surface area (Å²) in [5, 5.41) is 1.32. The monoisotopic (exact) mass is 337 g/mol. The predicted molar refractivity (Wildman–Crippen MR) is 95.9 cm³/mol. The Bertz CT molecular complexity index is 931. The van der Waals surface area contributed by atoms with Gasteiger partial charge >= 0.3 is 5.97 Å². The summed E-state index contributed by atoms with van der Waals surface area (Å²) in [6.45, 7) is 0.192. The van der Waals surface area contributed by atoms with Crippen molar-refractivity contribution in [3.05, 3.63) is 76.7 Å². The maximum absolute atomic E-state index is 12.5. The zero-order valence-corrected chi connectivity index (χ0v) is 14.0. The third-order valence-corrected chi connectivity index (χ3v) is 3.98. The average molecular weight is 337 g/mol. The fourth-order valence-corrected chi connectivity index (χ4v) is 2.63. The molecule has 0 aliphatic carbocycles. The van der Waals surface area contributed by atoms with Gasteiger partial charge in [-0.15, -0.1) is 0 Å². The number of benzene rings is 2. The first-order valence-electron chi connectivity index (χ1n) is 8.04. The van der Waals surface area contributed by atoms with E-state index >= 15 is 0 Å². The number of nitrogens with zero attached hydrogens (tertiary/aromatic N) is 1. The largest absolute Gasteiger partial charge is 0.497 e. The van der Waals surface area contributed by atoms with Crippen LogP contribution in [0, 0.1) is 0 Å². The molecule has 128 valence electrons. The van der Waals surface area contributed by atoms with E-state index in [2.05, 4.69) is 0 Å². The second-order valence-corrected chi connectivity index (χ2v) is 5.66. The van der Waals surface area contributed by atoms with Crippen LogP contribution in [0.1, 0.15) is 5.56 Å². The van der Waals surface area contributed by atoms with Crippen LogP contribution in [0.25, 0.3) is 10.8 Å². The molecule has 25 heavy (non-hydrogen) atoms. The molecule has 0 radical (unpaired) electrons. The summed E-state index contributed by atoms with van der Waals surface area (Å²) in [5.41, 5.74) is 0.882. The summed E-state index contributed by atoms with van der Waals surface area (Å²) in [6, 6.07) is 16.8. The number of carbonyl (C=O) groups is 1. The summed E-state index contributed by atoms with van der Waals surface area (Å²) in [7, 11) is 1.58. The van der Waals surface area contributed by atoms with Gasteiger partial charge in [0.15, 0.2) is 0 Å². The molecular weight excluding hydrogens is 318 g/mol. The summed E-state index contributed by atoms with van der Waals surface area (Å²) in [4.78, 5) is 24.5. The topological polar surface area (TPSA) is 57.5 Å². The number of hydrogen-bond acceptors (Lipinski definition) is 4. The Morgan fingerprint density at radius 3 is 2.64 bits per heavy atom. The van der Waals surface area contributed by atoms with Gasteiger partial charge in [-0.05, 0) is 35.2 Å². The number of ether oxygens (including phenoxy) is 2. The molecule has 0 atom stereocenters. The highest BCUT2D eigenvalue weighted by molar-refractivity contribution is 5.83. The minimum Gasteiger partial charge on any atom is -0.497 e. The van der Waals surface area contributed by atoms with Crippen molar-refractivity contribution in [3.8, 4) is 5.75 Å². The van der Waals surface area contributed by atoms with Crippen LogP contribution in [-0.4, -0.2) is 24.3 Å². The molecule has 2 aromatic carbocycles. The lowest BCUT2D eigenvalue weighted by Gasteiger charge is -2.09. The summed E-state index contributed by atoms with van der Waals surface area (Å²) in [5.74, 6) is 0.260. The minimum atomic E-state index is -0.425. The molecule has 0 unspecified atom stereocenters.